The van der Waals surface area contributed by atoms with Crippen molar-refractivity contribution in [2.24, 2.45) is 5.10 Å². The van der Waals surface area contributed by atoms with E-state index in [9.17, 15) is 8.42 Å². The first-order valence-corrected chi connectivity index (χ1v) is 6.92. The summed E-state index contributed by atoms with van der Waals surface area (Å²) in [5.41, 5.74) is 2.98. The third kappa shape index (κ3) is 3.35. The quantitative estimate of drug-likeness (QED) is 0.860. The van der Waals surface area contributed by atoms with Crippen molar-refractivity contribution in [3.05, 3.63) is 48.3 Å². The number of benzene rings is 1. The Morgan fingerprint density at radius 1 is 1.26 bits per heavy atom. The summed E-state index contributed by atoms with van der Waals surface area (Å²) < 4.78 is 31.7. The van der Waals surface area contributed by atoms with E-state index in [1.807, 2.05) is 0 Å². The number of sulfonamides is 1. The van der Waals surface area contributed by atoms with Crippen LogP contribution in [0.2, 0.25) is 0 Å². The lowest BCUT2D eigenvalue weighted by atomic mass is 10.3. The molecule has 1 aromatic carbocycles. The van der Waals surface area contributed by atoms with Crippen LogP contribution in [0.4, 0.5) is 0 Å². The van der Waals surface area contributed by atoms with Gasteiger partial charge in [0.15, 0.2) is 0 Å². The standard InChI is InChI=1S/C12H13N3O3S/c1-18-11-4-6-12(7-5-11)19(16,17)15-10-3-2-8-13-14-9-10/h2-9,14-15H,1H3. The number of nitrogens with zero attached hydrogens (tertiary/aromatic N) is 1. The molecule has 1 heterocycles. The topological polar surface area (TPSA) is 79.8 Å². The number of rotatable bonds is 4. The smallest absolute Gasteiger partial charge is 0.261 e. The monoisotopic (exact) mass is 279 g/mol. The molecule has 1 aliphatic rings. The Hall–Kier alpha value is -2.28. The number of ether oxygens (including phenoxy) is 1. The van der Waals surface area contributed by atoms with Gasteiger partial charge in [-0.25, -0.2) is 8.42 Å². The fourth-order valence-electron chi connectivity index (χ4n) is 1.42. The molecule has 100 valence electrons. The van der Waals surface area contributed by atoms with Crippen LogP contribution in [0.3, 0.4) is 0 Å². The van der Waals surface area contributed by atoms with Gasteiger partial charge in [-0.15, -0.1) is 0 Å². The Bertz CT molecular complexity index is 631. The van der Waals surface area contributed by atoms with Crippen molar-refractivity contribution >= 4 is 16.2 Å². The zero-order valence-electron chi connectivity index (χ0n) is 10.2. The highest BCUT2D eigenvalue weighted by Crippen LogP contribution is 2.16. The van der Waals surface area contributed by atoms with Crippen LogP contribution >= 0.6 is 0 Å². The molecule has 0 aromatic heterocycles. The minimum absolute atomic E-state index is 0.160. The second-order valence-electron chi connectivity index (χ2n) is 3.65. The molecule has 2 rings (SSSR count). The van der Waals surface area contributed by atoms with Gasteiger partial charge in [0.2, 0.25) is 0 Å². The summed E-state index contributed by atoms with van der Waals surface area (Å²) in [6.45, 7) is 0. The Balaban J connectivity index is 2.20. The molecule has 0 atom stereocenters. The maximum Gasteiger partial charge on any atom is 0.261 e. The average molecular weight is 279 g/mol. The van der Waals surface area contributed by atoms with Gasteiger partial charge in [0.25, 0.3) is 10.0 Å². The lowest BCUT2D eigenvalue weighted by Crippen LogP contribution is -2.23. The summed E-state index contributed by atoms with van der Waals surface area (Å²) in [6.07, 6.45) is 6.21. The van der Waals surface area contributed by atoms with Crippen molar-refractivity contribution in [2.45, 2.75) is 4.90 Å². The number of nitrogens with one attached hydrogen (secondary N) is 2. The highest BCUT2D eigenvalue weighted by molar-refractivity contribution is 7.89. The molecule has 0 unspecified atom stereocenters. The van der Waals surface area contributed by atoms with E-state index in [1.165, 1.54) is 31.7 Å². The van der Waals surface area contributed by atoms with Gasteiger partial charge in [-0.2, -0.15) is 5.10 Å². The summed E-state index contributed by atoms with van der Waals surface area (Å²) in [4.78, 5) is 0.160. The lowest BCUT2D eigenvalue weighted by Gasteiger charge is -2.08. The van der Waals surface area contributed by atoms with Gasteiger partial charge < -0.3 is 4.74 Å². The summed E-state index contributed by atoms with van der Waals surface area (Å²) in [6, 6.07) is 6.14. The second kappa shape index (κ2) is 5.57. The van der Waals surface area contributed by atoms with E-state index >= 15 is 0 Å². The maximum atomic E-state index is 12.1. The number of hydrazone groups is 1. The van der Waals surface area contributed by atoms with Crippen LogP contribution in [0.1, 0.15) is 0 Å². The van der Waals surface area contributed by atoms with Crippen molar-refractivity contribution in [1.29, 1.82) is 0 Å². The molecule has 0 radical (unpaired) electrons. The van der Waals surface area contributed by atoms with E-state index in [-0.39, 0.29) is 4.90 Å². The first kappa shape index (κ1) is 13.2. The van der Waals surface area contributed by atoms with E-state index in [0.29, 0.717) is 11.4 Å². The molecule has 0 saturated carbocycles. The summed E-state index contributed by atoms with van der Waals surface area (Å²) >= 11 is 0. The molecule has 1 aromatic rings. The third-order valence-corrected chi connectivity index (χ3v) is 3.75. The average Bonchev–Trinajstić information content (AvgIpc) is 2.67. The Labute approximate surface area is 111 Å². The van der Waals surface area contributed by atoms with Crippen molar-refractivity contribution < 1.29 is 13.2 Å². The van der Waals surface area contributed by atoms with E-state index in [2.05, 4.69) is 15.2 Å². The largest absolute Gasteiger partial charge is 0.497 e. The summed E-state index contributed by atoms with van der Waals surface area (Å²) in [5, 5.41) is 3.76. The lowest BCUT2D eigenvalue weighted by molar-refractivity contribution is 0.414. The maximum absolute atomic E-state index is 12.1. The zero-order valence-corrected chi connectivity index (χ0v) is 11.0. The first-order chi connectivity index (χ1) is 9.12. The van der Waals surface area contributed by atoms with Gasteiger partial charge in [0.1, 0.15) is 5.75 Å². The molecule has 0 bridgehead atoms. The SMILES string of the molecule is COc1ccc(S(=O)(=O)NC2=CNN=CC=C2)cc1. The molecule has 0 aliphatic carbocycles. The molecule has 1 aliphatic heterocycles. The fourth-order valence-corrected chi connectivity index (χ4v) is 2.47. The summed E-state index contributed by atoms with van der Waals surface area (Å²) in [5.74, 6) is 0.600. The van der Waals surface area contributed by atoms with E-state index in [1.54, 1.807) is 24.3 Å². The van der Waals surface area contributed by atoms with Crippen LogP contribution in [-0.2, 0) is 10.0 Å². The van der Waals surface area contributed by atoms with Crippen LogP contribution in [0, 0.1) is 0 Å². The number of allylic oxidation sites excluding steroid dienone is 2. The molecule has 6 nitrogen and oxygen atoms in total. The molecule has 0 fully saturated rings. The van der Waals surface area contributed by atoms with Crippen molar-refractivity contribution in [1.82, 2.24) is 10.1 Å². The normalized spacial score (nSPS) is 14.3. The van der Waals surface area contributed by atoms with Crippen molar-refractivity contribution in [2.75, 3.05) is 7.11 Å². The van der Waals surface area contributed by atoms with Gasteiger partial charge in [0, 0.05) is 12.4 Å². The molecule has 0 amide bonds. The predicted molar refractivity (Wildman–Crippen MR) is 72.2 cm³/mol. The Morgan fingerprint density at radius 2 is 2.00 bits per heavy atom. The first-order valence-electron chi connectivity index (χ1n) is 5.44. The molecule has 2 N–H and O–H groups in total. The minimum atomic E-state index is -3.62. The van der Waals surface area contributed by atoms with Crippen LogP contribution in [0.15, 0.2) is 58.3 Å². The predicted octanol–water partition coefficient (Wildman–Crippen LogP) is 0.960. The van der Waals surface area contributed by atoms with E-state index < -0.39 is 10.0 Å². The molecule has 19 heavy (non-hydrogen) atoms. The van der Waals surface area contributed by atoms with Gasteiger partial charge in [0.05, 0.1) is 17.7 Å². The van der Waals surface area contributed by atoms with Crippen LogP contribution in [0.25, 0.3) is 0 Å². The number of hydrogen-bond acceptors (Lipinski definition) is 5. The van der Waals surface area contributed by atoms with Crippen LogP contribution in [-0.4, -0.2) is 21.7 Å². The molecule has 7 heteroatoms. The minimum Gasteiger partial charge on any atom is -0.497 e. The second-order valence-corrected chi connectivity index (χ2v) is 5.33. The summed E-state index contributed by atoms with van der Waals surface area (Å²) in [7, 11) is -2.10. The zero-order chi connectivity index (χ0) is 13.7. The number of hydrogen-bond donors (Lipinski definition) is 2. The van der Waals surface area contributed by atoms with Crippen LogP contribution < -0.4 is 14.9 Å². The fraction of sp³-hybridized carbons (Fsp3) is 0.0833. The van der Waals surface area contributed by atoms with Crippen molar-refractivity contribution in [3.8, 4) is 5.75 Å². The molecule has 0 spiro atoms. The van der Waals surface area contributed by atoms with Crippen molar-refractivity contribution in [3.63, 3.8) is 0 Å². The Morgan fingerprint density at radius 3 is 2.68 bits per heavy atom. The van der Waals surface area contributed by atoms with Gasteiger partial charge in [-0.1, -0.05) is 0 Å². The van der Waals surface area contributed by atoms with E-state index in [4.69, 9.17) is 4.74 Å². The molecular formula is C12H13N3O3S. The van der Waals surface area contributed by atoms with Crippen LogP contribution in [0.5, 0.6) is 5.75 Å². The van der Waals surface area contributed by atoms with Gasteiger partial charge in [-0.05, 0) is 36.4 Å². The highest BCUT2D eigenvalue weighted by atomic mass is 32.2. The van der Waals surface area contributed by atoms with Gasteiger partial charge >= 0.3 is 0 Å². The molecular weight excluding hydrogens is 266 g/mol. The van der Waals surface area contributed by atoms with Gasteiger partial charge in [-0.3, -0.25) is 10.1 Å². The highest BCUT2D eigenvalue weighted by Gasteiger charge is 2.14. The molecule has 0 saturated heterocycles. The Kier molecular flexibility index (Phi) is 3.86. The number of methoxy groups -OCH3 is 1. The van der Waals surface area contributed by atoms with E-state index in [0.717, 1.165) is 0 Å². The third-order valence-electron chi connectivity index (χ3n) is 2.35.